The number of likely N-dealkylation sites (tertiary alicyclic amines) is 1. The van der Waals surface area contributed by atoms with E-state index >= 15 is 0 Å². The number of amides is 2. The van der Waals surface area contributed by atoms with Crippen molar-refractivity contribution < 1.29 is 28.4 Å². The van der Waals surface area contributed by atoms with E-state index in [1.165, 1.54) is 17.4 Å². The molecule has 0 saturated carbocycles. The van der Waals surface area contributed by atoms with E-state index in [1.807, 2.05) is 0 Å². The average molecular weight is 541 g/mol. The highest BCUT2D eigenvalue weighted by molar-refractivity contribution is 7.10. The van der Waals surface area contributed by atoms with E-state index in [0.29, 0.717) is 37.2 Å². The Labute approximate surface area is 221 Å². The number of nitro benzene ring substituents is 1. The predicted octanol–water partition coefficient (Wildman–Crippen LogP) is 4.82. The molecule has 10 nitrogen and oxygen atoms in total. The molecule has 0 radical (unpaired) electrons. The number of nitro groups is 1. The van der Waals surface area contributed by atoms with Gasteiger partial charge in [0, 0.05) is 54.5 Å². The van der Waals surface area contributed by atoms with E-state index in [1.54, 1.807) is 41.7 Å². The lowest BCUT2D eigenvalue weighted by molar-refractivity contribution is -0.387. The number of carbonyl (C=O) groups is 3. The van der Waals surface area contributed by atoms with Crippen molar-refractivity contribution in [2.45, 2.75) is 31.6 Å². The molecule has 1 fully saturated rings. The minimum Gasteiger partial charge on any atom is -0.497 e. The van der Waals surface area contributed by atoms with E-state index in [0.717, 1.165) is 17.1 Å². The molecule has 0 spiro atoms. The van der Waals surface area contributed by atoms with Crippen LogP contribution < -0.4 is 10.1 Å². The number of carbonyl (C=O) groups excluding carboxylic acids is 3. The van der Waals surface area contributed by atoms with Gasteiger partial charge in [0.1, 0.15) is 11.4 Å². The van der Waals surface area contributed by atoms with E-state index < -0.39 is 22.3 Å². The number of hydrogen-bond acceptors (Lipinski definition) is 8. The van der Waals surface area contributed by atoms with E-state index in [2.05, 4.69) is 10.3 Å². The van der Waals surface area contributed by atoms with Crippen LogP contribution in [0.1, 0.15) is 57.5 Å². The summed E-state index contributed by atoms with van der Waals surface area (Å²) < 4.78 is 18.6. The maximum absolute atomic E-state index is 13.5. The lowest BCUT2D eigenvalue weighted by Gasteiger charge is -2.31. The van der Waals surface area contributed by atoms with Crippen LogP contribution in [-0.2, 0) is 4.79 Å². The van der Waals surface area contributed by atoms with Crippen molar-refractivity contribution in [1.82, 2.24) is 9.88 Å². The summed E-state index contributed by atoms with van der Waals surface area (Å²) in [6, 6.07) is 9.91. The zero-order valence-corrected chi connectivity index (χ0v) is 21.3. The second-order valence-corrected chi connectivity index (χ2v) is 9.64. The molecule has 2 amide bonds. The molecule has 2 heterocycles. The van der Waals surface area contributed by atoms with Crippen molar-refractivity contribution in [3.8, 4) is 5.75 Å². The van der Waals surface area contributed by atoms with Crippen LogP contribution in [0.25, 0.3) is 0 Å². The Morgan fingerprint density at radius 3 is 2.53 bits per heavy atom. The van der Waals surface area contributed by atoms with Crippen LogP contribution in [0.15, 0.2) is 47.8 Å². The summed E-state index contributed by atoms with van der Waals surface area (Å²) in [5, 5.41) is 15.8. The van der Waals surface area contributed by atoms with Crippen LogP contribution in [0, 0.1) is 15.9 Å². The third-order valence-corrected chi connectivity index (χ3v) is 7.34. The molecular formula is C26H25FN4O6S. The fourth-order valence-corrected chi connectivity index (χ4v) is 5.15. The number of ether oxygens (including phenoxy) is 1. The molecule has 2 aromatic carbocycles. The van der Waals surface area contributed by atoms with Gasteiger partial charge in [0.25, 0.3) is 5.91 Å². The minimum atomic E-state index is -0.988. The van der Waals surface area contributed by atoms with Crippen LogP contribution in [0.5, 0.6) is 5.75 Å². The molecule has 12 heteroatoms. The lowest BCUT2D eigenvalue weighted by atomic mass is 9.97. The van der Waals surface area contributed by atoms with Crippen molar-refractivity contribution in [2.24, 2.45) is 0 Å². The van der Waals surface area contributed by atoms with Gasteiger partial charge in [0.2, 0.25) is 11.7 Å². The molecule has 0 bridgehead atoms. The Morgan fingerprint density at radius 1 is 1.16 bits per heavy atom. The van der Waals surface area contributed by atoms with Crippen molar-refractivity contribution in [3.63, 3.8) is 0 Å². The number of nitrogens with one attached hydrogen (secondary N) is 1. The van der Waals surface area contributed by atoms with Gasteiger partial charge in [0.05, 0.1) is 17.0 Å². The molecule has 0 atom stereocenters. The van der Waals surface area contributed by atoms with Gasteiger partial charge in [-0.15, -0.1) is 11.3 Å². The number of halogens is 1. The molecule has 1 saturated heterocycles. The molecule has 3 aromatic rings. The zero-order chi connectivity index (χ0) is 27.2. The van der Waals surface area contributed by atoms with Gasteiger partial charge in [-0.2, -0.15) is 4.39 Å². The van der Waals surface area contributed by atoms with Gasteiger partial charge in [-0.1, -0.05) is 0 Å². The van der Waals surface area contributed by atoms with Gasteiger partial charge >= 0.3 is 5.69 Å². The first-order chi connectivity index (χ1) is 18.2. The second kappa shape index (κ2) is 11.9. The lowest BCUT2D eigenvalue weighted by Crippen LogP contribution is -2.38. The molecule has 0 unspecified atom stereocenters. The van der Waals surface area contributed by atoms with Gasteiger partial charge in [-0.25, -0.2) is 4.98 Å². The fourth-order valence-electron chi connectivity index (χ4n) is 4.18. The maximum Gasteiger partial charge on any atom is 0.306 e. The highest BCUT2D eigenvalue weighted by atomic mass is 32.1. The summed E-state index contributed by atoms with van der Waals surface area (Å²) in [7, 11) is 1.55. The third-order valence-electron chi connectivity index (χ3n) is 6.33. The monoisotopic (exact) mass is 540 g/mol. The predicted molar refractivity (Wildman–Crippen MR) is 138 cm³/mol. The standard InChI is InChI=1S/C26H25FN4O6S/c1-37-19-5-2-16(3-6-19)23(32)8-9-24(33)30-12-10-17(11-13-30)26-29-21(15-38-26)25(34)28-18-4-7-20(27)22(14-18)31(35)36/h2-7,14-15,17H,8-13H2,1H3,(H,28,34). The van der Waals surface area contributed by atoms with Gasteiger partial charge in [-0.05, 0) is 49.2 Å². The minimum absolute atomic E-state index is 0.0714. The number of hydrogen-bond donors (Lipinski definition) is 1. The number of benzene rings is 2. The van der Waals surface area contributed by atoms with Gasteiger partial charge in [-0.3, -0.25) is 24.5 Å². The molecule has 0 aliphatic carbocycles. The number of aromatic nitrogens is 1. The molecule has 1 aliphatic rings. The van der Waals surface area contributed by atoms with Crippen LogP contribution in [0.4, 0.5) is 15.8 Å². The zero-order valence-electron chi connectivity index (χ0n) is 20.5. The number of ketones is 1. The summed E-state index contributed by atoms with van der Waals surface area (Å²) in [5.74, 6) is -0.969. The number of piperidine rings is 1. The molecule has 38 heavy (non-hydrogen) atoms. The summed E-state index contributed by atoms with van der Waals surface area (Å²) in [6.07, 6.45) is 1.62. The van der Waals surface area contributed by atoms with Crippen LogP contribution in [0.2, 0.25) is 0 Å². The average Bonchev–Trinajstić information content (AvgIpc) is 3.43. The maximum atomic E-state index is 13.5. The molecular weight excluding hydrogens is 515 g/mol. The Hall–Kier alpha value is -4.19. The van der Waals surface area contributed by atoms with E-state index in [4.69, 9.17) is 4.74 Å². The highest BCUT2D eigenvalue weighted by Crippen LogP contribution is 2.31. The van der Waals surface area contributed by atoms with Crippen LogP contribution in [0.3, 0.4) is 0 Å². The number of thiazole rings is 1. The summed E-state index contributed by atoms with van der Waals surface area (Å²) >= 11 is 1.33. The molecule has 1 aromatic heterocycles. The summed E-state index contributed by atoms with van der Waals surface area (Å²) in [4.78, 5) is 53.9. The third kappa shape index (κ3) is 6.38. The fraction of sp³-hybridized carbons (Fsp3) is 0.308. The molecule has 1 N–H and O–H groups in total. The number of anilines is 1. The number of nitrogens with zero attached hydrogens (tertiary/aromatic N) is 3. The first kappa shape index (κ1) is 26.9. The molecule has 1 aliphatic heterocycles. The normalized spacial score (nSPS) is 13.7. The first-order valence-electron chi connectivity index (χ1n) is 11.9. The van der Waals surface area contributed by atoms with Crippen molar-refractivity contribution in [1.29, 1.82) is 0 Å². The first-order valence-corrected chi connectivity index (χ1v) is 12.8. The summed E-state index contributed by atoms with van der Waals surface area (Å²) in [6.45, 7) is 1.06. The Morgan fingerprint density at radius 2 is 1.87 bits per heavy atom. The second-order valence-electron chi connectivity index (χ2n) is 8.76. The molecule has 4 rings (SSSR count). The van der Waals surface area contributed by atoms with Crippen LogP contribution >= 0.6 is 11.3 Å². The number of Topliss-reactive ketones (excluding diaryl/α,β-unsaturated/α-hetero) is 1. The van der Waals surface area contributed by atoms with Crippen molar-refractivity contribution >= 4 is 40.3 Å². The quantitative estimate of drug-likeness (QED) is 0.234. The highest BCUT2D eigenvalue weighted by Gasteiger charge is 2.27. The van der Waals surface area contributed by atoms with Gasteiger partial charge in [0.15, 0.2) is 5.78 Å². The Bertz CT molecular complexity index is 1350. The molecule has 198 valence electrons. The van der Waals surface area contributed by atoms with E-state index in [9.17, 15) is 28.9 Å². The number of rotatable bonds is 9. The topological polar surface area (TPSA) is 132 Å². The smallest absolute Gasteiger partial charge is 0.306 e. The van der Waals surface area contributed by atoms with Crippen molar-refractivity contribution in [3.05, 3.63) is 80.0 Å². The van der Waals surface area contributed by atoms with Crippen LogP contribution in [-0.4, -0.2) is 52.6 Å². The Balaban J connectivity index is 1.26. The van der Waals surface area contributed by atoms with E-state index in [-0.39, 0.29) is 41.8 Å². The van der Waals surface area contributed by atoms with Gasteiger partial charge < -0.3 is 15.0 Å². The SMILES string of the molecule is COc1ccc(C(=O)CCC(=O)N2CCC(c3nc(C(=O)Nc4ccc(F)c([N+](=O)[O-])c4)cs3)CC2)cc1. The number of methoxy groups -OCH3 is 1. The van der Waals surface area contributed by atoms with Crippen molar-refractivity contribution in [2.75, 3.05) is 25.5 Å². The largest absolute Gasteiger partial charge is 0.497 e. The Kier molecular flexibility index (Phi) is 8.41. The summed E-state index contributed by atoms with van der Waals surface area (Å²) in [5.41, 5.74) is 0.0641.